The average molecular weight is 380 g/mol. The van der Waals surface area contributed by atoms with Crippen LogP contribution in [0.5, 0.6) is 5.75 Å². The number of hydrogen-bond donors (Lipinski definition) is 2. The Balaban J connectivity index is 1.79. The molecule has 0 radical (unpaired) electrons. The average Bonchev–Trinajstić information content (AvgIpc) is 3.03. The molecule has 0 saturated heterocycles. The van der Waals surface area contributed by atoms with Crippen molar-refractivity contribution >= 4 is 28.2 Å². The van der Waals surface area contributed by atoms with E-state index in [1.54, 1.807) is 25.5 Å². The van der Waals surface area contributed by atoms with Gasteiger partial charge in [-0.1, -0.05) is 18.1 Å². The minimum Gasteiger partial charge on any atom is -0.497 e. The first kappa shape index (κ1) is 18.3. The Morgan fingerprint density at radius 3 is 2.64 bits per heavy atom. The number of methoxy groups -OCH3 is 1. The molecule has 0 bridgehead atoms. The number of rotatable bonds is 3. The smallest absolute Gasteiger partial charge is 0.350 e. The predicted molar refractivity (Wildman–Crippen MR) is 111 cm³/mol. The first-order chi connectivity index (χ1) is 13.4. The zero-order chi connectivity index (χ0) is 20.0. The lowest BCUT2D eigenvalue weighted by Gasteiger charge is -2.27. The minimum absolute atomic E-state index is 0.206. The summed E-state index contributed by atoms with van der Waals surface area (Å²) in [6.07, 6.45) is 3.66. The van der Waals surface area contributed by atoms with Crippen molar-refractivity contribution in [1.29, 1.82) is 0 Å². The number of allylic oxidation sites excluding steroid dienone is 2. The van der Waals surface area contributed by atoms with Crippen molar-refractivity contribution in [2.75, 3.05) is 7.11 Å². The molecule has 7 heteroatoms. The molecule has 0 amide bonds. The number of aromatic nitrogens is 3. The number of fused-ring (bicyclic) bond motifs is 3. The molecule has 0 aliphatic heterocycles. The summed E-state index contributed by atoms with van der Waals surface area (Å²) in [5.41, 5.74) is 3.31. The van der Waals surface area contributed by atoms with E-state index in [0.29, 0.717) is 22.7 Å². The fraction of sp³-hybridized carbons (Fsp3) is 0.381. The summed E-state index contributed by atoms with van der Waals surface area (Å²) < 4.78 is 6.15. The second-order valence-corrected chi connectivity index (χ2v) is 7.71. The van der Waals surface area contributed by atoms with Gasteiger partial charge in [0.15, 0.2) is 0 Å². The molecule has 0 saturated carbocycles. The van der Waals surface area contributed by atoms with Crippen LogP contribution in [-0.2, 0) is 0 Å². The first-order valence-electron chi connectivity index (χ1n) is 9.43. The van der Waals surface area contributed by atoms with Crippen LogP contribution in [0, 0.1) is 11.8 Å². The van der Waals surface area contributed by atoms with E-state index < -0.39 is 11.2 Å². The van der Waals surface area contributed by atoms with Gasteiger partial charge in [0.1, 0.15) is 11.3 Å². The zero-order valence-corrected chi connectivity index (χ0v) is 16.5. The predicted octanol–water partition coefficient (Wildman–Crippen LogP) is 3.40. The lowest BCUT2D eigenvalue weighted by molar-refractivity contribution is 0.415. The molecule has 2 atom stereocenters. The lowest BCUT2D eigenvalue weighted by atomic mass is 9.78. The first-order valence-corrected chi connectivity index (χ1v) is 9.43. The maximum absolute atomic E-state index is 12.9. The molecule has 2 aromatic heterocycles. The molecule has 3 aromatic rings. The Hall–Kier alpha value is -3.09. The van der Waals surface area contributed by atoms with E-state index in [-0.39, 0.29) is 5.92 Å². The van der Waals surface area contributed by atoms with E-state index in [4.69, 9.17) is 4.74 Å². The number of benzene rings is 1. The number of nitrogens with zero attached hydrogens (tertiary/aromatic N) is 2. The van der Waals surface area contributed by atoms with Gasteiger partial charge in [0.05, 0.1) is 12.6 Å². The van der Waals surface area contributed by atoms with Crippen LogP contribution in [0.15, 0.2) is 44.0 Å². The van der Waals surface area contributed by atoms with Gasteiger partial charge >= 0.3 is 11.2 Å². The summed E-state index contributed by atoms with van der Waals surface area (Å²) in [4.78, 5) is 31.3. The number of aromatic amines is 2. The van der Waals surface area contributed by atoms with Crippen LogP contribution in [0.3, 0.4) is 0 Å². The van der Waals surface area contributed by atoms with Gasteiger partial charge in [-0.05, 0) is 50.8 Å². The maximum Gasteiger partial charge on any atom is 0.350 e. The van der Waals surface area contributed by atoms with Crippen molar-refractivity contribution in [3.63, 3.8) is 0 Å². The van der Waals surface area contributed by atoms with Crippen LogP contribution in [0.2, 0.25) is 0 Å². The van der Waals surface area contributed by atoms with Crippen molar-refractivity contribution < 1.29 is 4.74 Å². The number of ether oxygens (including phenoxy) is 1. The fourth-order valence-corrected chi connectivity index (χ4v) is 3.94. The van der Waals surface area contributed by atoms with Gasteiger partial charge in [0.25, 0.3) is 0 Å². The van der Waals surface area contributed by atoms with Crippen LogP contribution in [0.4, 0.5) is 0 Å². The van der Waals surface area contributed by atoms with Crippen LogP contribution >= 0.6 is 0 Å². The normalized spacial score (nSPS) is 20.6. The standard InChI is InChI=1S/C21H24N4O3/c1-11-7-13(3)14(8-12(11)2)10-22-25-20(26)19-18(24-21(25)27)16-9-15(28-4)5-6-17(16)23-19/h5-6,9-10,13-14,23H,7-8H2,1-4H3,(H,24,27)/b22-10-/t13-,14-/m1/s1. The Morgan fingerprint density at radius 1 is 1.14 bits per heavy atom. The number of H-pyrrole nitrogens is 2. The Labute approximate surface area is 161 Å². The molecular formula is C21H24N4O3. The molecule has 2 heterocycles. The van der Waals surface area contributed by atoms with Crippen molar-refractivity contribution in [3.8, 4) is 5.75 Å². The topological polar surface area (TPSA) is 92.2 Å². The SMILES string of the molecule is COc1ccc2[nH]c3c(=O)n(/N=C\[C@H]4CC(C)=C(C)C[C@H]4C)c(=O)[nH]c3c2c1. The molecule has 0 spiro atoms. The Bertz CT molecular complexity index is 1240. The highest BCUT2D eigenvalue weighted by molar-refractivity contribution is 6.04. The van der Waals surface area contributed by atoms with Gasteiger partial charge < -0.3 is 14.7 Å². The third-order valence-electron chi connectivity index (χ3n) is 5.84. The highest BCUT2D eigenvalue weighted by atomic mass is 16.5. The Morgan fingerprint density at radius 2 is 1.89 bits per heavy atom. The number of hydrogen-bond acceptors (Lipinski definition) is 4. The quantitative estimate of drug-likeness (QED) is 0.539. The van der Waals surface area contributed by atoms with Gasteiger partial charge in [-0.2, -0.15) is 5.10 Å². The van der Waals surface area contributed by atoms with Gasteiger partial charge in [0.2, 0.25) is 0 Å². The van der Waals surface area contributed by atoms with Crippen molar-refractivity contribution in [3.05, 3.63) is 50.2 Å². The van der Waals surface area contributed by atoms with E-state index >= 15 is 0 Å². The highest BCUT2D eigenvalue weighted by Crippen LogP contribution is 2.32. The van der Waals surface area contributed by atoms with E-state index in [9.17, 15) is 9.59 Å². The highest BCUT2D eigenvalue weighted by Gasteiger charge is 2.22. The second kappa shape index (κ2) is 6.82. The molecule has 1 aliphatic rings. The van der Waals surface area contributed by atoms with Crippen molar-refractivity contribution in [1.82, 2.24) is 14.6 Å². The molecule has 1 aromatic carbocycles. The van der Waals surface area contributed by atoms with Crippen molar-refractivity contribution in [2.45, 2.75) is 33.6 Å². The molecule has 7 nitrogen and oxygen atoms in total. The molecule has 4 rings (SSSR count). The molecule has 28 heavy (non-hydrogen) atoms. The summed E-state index contributed by atoms with van der Waals surface area (Å²) in [7, 11) is 1.57. The molecule has 1 aliphatic carbocycles. The molecule has 146 valence electrons. The van der Waals surface area contributed by atoms with Crippen LogP contribution in [-0.4, -0.2) is 28.0 Å². The largest absolute Gasteiger partial charge is 0.497 e. The molecule has 2 N–H and O–H groups in total. The zero-order valence-electron chi connectivity index (χ0n) is 16.5. The summed E-state index contributed by atoms with van der Waals surface area (Å²) in [5.74, 6) is 1.28. The van der Waals surface area contributed by atoms with Gasteiger partial charge in [-0.3, -0.25) is 4.79 Å². The number of nitrogens with one attached hydrogen (secondary N) is 2. The monoisotopic (exact) mass is 380 g/mol. The van der Waals surface area contributed by atoms with E-state index in [0.717, 1.165) is 28.4 Å². The third kappa shape index (κ3) is 2.96. The molecule has 0 fully saturated rings. The van der Waals surface area contributed by atoms with E-state index in [2.05, 4.69) is 35.8 Å². The van der Waals surface area contributed by atoms with E-state index in [1.807, 2.05) is 6.07 Å². The second-order valence-electron chi connectivity index (χ2n) is 7.71. The summed E-state index contributed by atoms with van der Waals surface area (Å²) in [6, 6.07) is 5.41. The Kier molecular flexibility index (Phi) is 4.45. The van der Waals surface area contributed by atoms with Crippen molar-refractivity contribution in [2.24, 2.45) is 16.9 Å². The third-order valence-corrected chi connectivity index (χ3v) is 5.84. The molecular weight excluding hydrogens is 356 g/mol. The van der Waals surface area contributed by atoms with Gasteiger partial charge in [0, 0.05) is 23.0 Å². The van der Waals surface area contributed by atoms with Gasteiger partial charge in [-0.25, -0.2) is 4.79 Å². The van der Waals surface area contributed by atoms with Gasteiger partial charge in [-0.15, -0.1) is 4.68 Å². The summed E-state index contributed by atoms with van der Waals surface area (Å²) >= 11 is 0. The maximum atomic E-state index is 12.9. The van der Waals surface area contributed by atoms with E-state index in [1.165, 1.54) is 11.1 Å². The van der Waals surface area contributed by atoms with Crippen LogP contribution < -0.4 is 16.0 Å². The lowest BCUT2D eigenvalue weighted by Crippen LogP contribution is -2.33. The molecule has 0 unspecified atom stereocenters. The minimum atomic E-state index is -0.552. The summed E-state index contributed by atoms with van der Waals surface area (Å²) in [6.45, 7) is 6.47. The summed E-state index contributed by atoms with van der Waals surface area (Å²) in [5, 5.41) is 4.99. The van der Waals surface area contributed by atoms with Crippen LogP contribution in [0.1, 0.15) is 33.6 Å². The van der Waals surface area contributed by atoms with Crippen LogP contribution in [0.25, 0.3) is 21.9 Å². The fourth-order valence-electron chi connectivity index (χ4n) is 3.94.